The molecule has 0 radical (unpaired) electrons. The molecule has 3 N–H and O–H groups in total. The standard InChI is InChI=1S/C18H32N2O5/c1-17(2,3)10-18(4,5)8-11(19-16(23)24)15(22)20-7-6-13-14(20)12(21)9-25-13/h11-14,19,21H,6-10H2,1-5H3,(H,23,24)/t11-,12-,13+,14+/m0/s1. The van der Waals surface area contributed by atoms with Crippen molar-refractivity contribution in [1.82, 2.24) is 10.2 Å². The van der Waals surface area contributed by atoms with E-state index in [0.717, 1.165) is 6.42 Å². The van der Waals surface area contributed by atoms with Crippen molar-refractivity contribution < 1.29 is 24.5 Å². The van der Waals surface area contributed by atoms with Gasteiger partial charge < -0.3 is 25.2 Å². The van der Waals surface area contributed by atoms with E-state index in [2.05, 4.69) is 39.9 Å². The van der Waals surface area contributed by atoms with E-state index in [4.69, 9.17) is 4.74 Å². The zero-order valence-corrected chi connectivity index (χ0v) is 15.9. The van der Waals surface area contributed by atoms with Crippen molar-refractivity contribution in [1.29, 1.82) is 0 Å². The highest BCUT2D eigenvalue weighted by atomic mass is 16.5. The van der Waals surface area contributed by atoms with Gasteiger partial charge in [-0.25, -0.2) is 4.79 Å². The molecule has 2 rings (SSSR count). The third kappa shape index (κ3) is 5.07. The van der Waals surface area contributed by atoms with Gasteiger partial charge in [-0.2, -0.15) is 0 Å². The molecule has 0 spiro atoms. The summed E-state index contributed by atoms with van der Waals surface area (Å²) in [5.41, 5.74) is -0.126. The Morgan fingerprint density at radius 2 is 1.92 bits per heavy atom. The molecule has 2 heterocycles. The number of rotatable bonds is 5. The Labute approximate surface area is 149 Å². The maximum absolute atomic E-state index is 13.0. The summed E-state index contributed by atoms with van der Waals surface area (Å²) in [5, 5.41) is 21.7. The first-order valence-electron chi connectivity index (χ1n) is 8.99. The SMILES string of the molecule is CC(C)(C)CC(C)(C)C[C@H](NC(=O)O)C(=O)N1CC[C@H]2OC[C@H](O)[C@H]21. The van der Waals surface area contributed by atoms with E-state index in [0.29, 0.717) is 19.4 Å². The van der Waals surface area contributed by atoms with Crippen LogP contribution in [0.15, 0.2) is 0 Å². The van der Waals surface area contributed by atoms with Crippen LogP contribution in [0, 0.1) is 10.8 Å². The second-order valence-electron chi connectivity index (χ2n) is 9.36. The van der Waals surface area contributed by atoms with Gasteiger partial charge in [0.2, 0.25) is 5.91 Å². The fourth-order valence-electron chi connectivity index (χ4n) is 4.61. The summed E-state index contributed by atoms with van der Waals surface area (Å²) >= 11 is 0. The van der Waals surface area contributed by atoms with Crippen LogP contribution < -0.4 is 5.32 Å². The van der Waals surface area contributed by atoms with E-state index in [1.165, 1.54) is 0 Å². The smallest absolute Gasteiger partial charge is 0.405 e. The number of hydrogen-bond acceptors (Lipinski definition) is 4. The molecule has 2 fully saturated rings. The van der Waals surface area contributed by atoms with E-state index in [9.17, 15) is 19.8 Å². The van der Waals surface area contributed by atoms with Crippen molar-refractivity contribution in [3.05, 3.63) is 0 Å². The molecule has 2 amide bonds. The van der Waals surface area contributed by atoms with Crippen LogP contribution in [-0.4, -0.2) is 64.6 Å². The van der Waals surface area contributed by atoms with E-state index in [1.807, 2.05) is 0 Å². The highest BCUT2D eigenvalue weighted by molar-refractivity contribution is 5.86. The number of nitrogens with zero attached hydrogens (tertiary/aromatic N) is 1. The molecule has 0 unspecified atom stereocenters. The average Bonchev–Trinajstić information content (AvgIpc) is 2.97. The van der Waals surface area contributed by atoms with Gasteiger partial charge in [-0.3, -0.25) is 4.79 Å². The van der Waals surface area contributed by atoms with Gasteiger partial charge in [0.25, 0.3) is 0 Å². The fraction of sp³-hybridized carbons (Fsp3) is 0.889. The predicted octanol–water partition coefficient (Wildman–Crippen LogP) is 1.84. The summed E-state index contributed by atoms with van der Waals surface area (Å²) < 4.78 is 5.52. The lowest BCUT2D eigenvalue weighted by molar-refractivity contribution is -0.136. The van der Waals surface area contributed by atoms with Crippen molar-refractivity contribution in [2.24, 2.45) is 10.8 Å². The molecule has 7 nitrogen and oxygen atoms in total. The summed E-state index contributed by atoms with van der Waals surface area (Å²) in [7, 11) is 0. The summed E-state index contributed by atoms with van der Waals surface area (Å²) in [6.45, 7) is 11.2. The fourth-order valence-corrected chi connectivity index (χ4v) is 4.61. The van der Waals surface area contributed by atoms with Gasteiger partial charge in [0.1, 0.15) is 12.1 Å². The zero-order chi connectivity index (χ0) is 19.0. The quantitative estimate of drug-likeness (QED) is 0.698. The molecule has 7 heteroatoms. The number of aliphatic hydroxyl groups is 1. The third-order valence-corrected chi connectivity index (χ3v) is 4.92. The number of nitrogens with one attached hydrogen (secondary N) is 1. The normalized spacial score (nSPS) is 27.9. The molecule has 2 aliphatic rings. The summed E-state index contributed by atoms with van der Waals surface area (Å²) in [6, 6.07) is -1.18. The largest absolute Gasteiger partial charge is 0.465 e. The van der Waals surface area contributed by atoms with Gasteiger partial charge in [-0.05, 0) is 30.1 Å². The second kappa shape index (κ2) is 7.11. The molecule has 25 heavy (non-hydrogen) atoms. The number of fused-ring (bicyclic) bond motifs is 1. The number of hydrogen-bond donors (Lipinski definition) is 3. The van der Waals surface area contributed by atoms with Crippen LogP contribution in [0.4, 0.5) is 4.79 Å². The molecular formula is C18H32N2O5. The van der Waals surface area contributed by atoms with Gasteiger partial charge >= 0.3 is 6.09 Å². The van der Waals surface area contributed by atoms with Gasteiger partial charge in [0, 0.05) is 6.54 Å². The number of aliphatic hydroxyl groups excluding tert-OH is 1. The molecule has 2 aliphatic heterocycles. The molecule has 0 bridgehead atoms. The van der Waals surface area contributed by atoms with Gasteiger partial charge in [0.15, 0.2) is 0 Å². The minimum Gasteiger partial charge on any atom is -0.465 e. The molecule has 144 valence electrons. The van der Waals surface area contributed by atoms with Crippen molar-refractivity contribution in [3.63, 3.8) is 0 Å². The van der Waals surface area contributed by atoms with Crippen LogP contribution in [0.2, 0.25) is 0 Å². The van der Waals surface area contributed by atoms with Crippen LogP contribution >= 0.6 is 0 Å². The molecule has 0 aromatic heterocycles. The minimum absolute atomic E-state index is 0.0779. The lowest BCUT2D eigenvalue weighted by Crippen LogP contribution is -2.54. The first-order chi connectivity index (χ1) is 11.4. The van der Waals surface area contributed by atoms with Crippen molar-refractivity contribution >= 4 is 12.0 Å². The maximum Gasteiger partial charge on any atom is 0.405 e. The molecule has 0 saturated carbocycles. The lowest BCUT2D eigenvalue weighted by Gasteiger charge is -2.36. The van der Waals surface area contributed by atoms with Crippen LogP contribution in [-0.2, 0) is 9.53 Å². The van der Waals surface area contributed by atoms with Crippen LogP contribution in [0.25, 0.3) is 0 Å². The highest BCUT2D eigenvalue weighted by Crippen LogP contribution is 2.37. The van der Waals surface area contributed by atoms with Gasteiger partial charge in [-0.1, -0.05) is 34.6 Å². The topological polar surface area (TPSA) is 99.1 Å². The molecule has 0 aliphatic carbocycles. The number of carboxylic acid groups (broad SMARTS) is 1. The molecular weight excluding hydrogens is 324 g/mol. The number of carbonyl (C=O) groups is 2. The Morgan fingerprint density at radius 1 is 1.28 bits per heavy atom. The summed E-state index contributed by atoms with van der Waals surface area (Å²) in [5.74, 6) is -0.263. The third-order valence-electron chi connectivity index (χ3n) is 4.92. The predicted molar refractivity (Wildman–Crippen MR) is 93.3 cm³/mol. The van der Waals surface area contributed by atoms with E-state index in [-0.39, 0.29) is 35.5 Å². The summed E-state index contributed by atoms with van der Waals surface area (Å²) in [6.07, 6.45) is -0.0951. The van der Waals surface area contributed by atoms with E-state index < -0.39 is 18.2 Å². The van der Waals surface area contributed by atoms with Crippen molar-refractivity contribution in [3.8, 4) is 0 Å². The summed E-state index contributed by atoms with van der Waals surface area (Å²) in [4.78, 5) is 25.9. The van der Waals surface area contributed by atoms with Crippen LogP contribution in [0.3, 0.4) is 0 Å². The Balaban J connectivity index is 2.13. The number of carbonyl (C=O) groups excluding carboxylic acids is 1. The van der Waals surface area contributed by atoms with Gasteiger partial charge in [-0.15, -0.1) is 0 Å². The first-order valence-corrected chi connectivity index (χ1v) is 8.99. The Morgan fingerprint density at radius 3 is 2.48 bits per heavy atom. The van der Waals surface area contributed by atoms with Gasteiger partial charge in [0.05, 0.1) is 18.8 Å². The van der Waals surface area contributed by atoms with Crippen LogP contribution in [0.1, 0.15) is 53.9 Å². The lowest BCUT2D eigenvalue weighted by atomic mass is 9.73. The van der Waals surface area contributed by atoms with Crippen LogP contribution in [0.5, 0.6) is 0 Å². The van der Waals surface area contributed by atoms with Crippen molar-refractivity contribution in [2.75, 3.05) is 13.2 Å². The molecule has 4 atom stereocenters. The average molecular weight is 356 g/mol. The Bertz CT molecular complexity index is 514. The first kappa shape index (κ1) is 20.0. The number of ether oxygens (including phenoxy) is 1. The minimum atomic E-state index is -1.20. The highest BCUT2D eigenvalue weighted by Gasteiger charge is 2.48. The molecule has 0 aromatic carbocycles. The Kier molecular flexibility index (Phi) is 5.68. The Hall–Kier alpha value is -1.34. The van der Waals surface area contributed by atoms with E-state index in [1.54, 1.807) is 4.90 Å². The van der Waals surface area contributed by atoms with Crippen molar-refractivity contribution in [2.45, 2.75) is 78.2 Å². The monoisotopic (exact) mass is 356 g/mol. The van der Waals surface area contributed by atoms with E-state index >= 15 is 0 Å². The number of likely N-dealkylation sites (tertiary alicyclic amines) is 1. The zero-order valence-electron chi connectivity index (χ0n) is 15.9. The second-order valence-corrected chi connectivity index (χ2v) is 9.36. The molecule has 2 saturated heterocycles. The number of amides is 2. The molecule has 0 aromatic rings. The maximum atomic E-state index is 13.0.